The van der Waals surface area contributed by atoms with Gasteiger partial charge in [-0.1, -0.05) is 12.1 Å². The van der Waals surface area contributed by atoms with Gasteiger partial charge in [0, 0.05) is 18.6 Å². The first-order valence-corrected chi connectivity index (χ1v) is 6.42. The van der Waals surface area contributed by atoms with E-state index in [0.29, 0.717) is 6.04 Å². The normalized spacial score (nSPS) is 23.8. The summed E-state index contributed by atoms with van der Waals surface area (Å²) in [7, 11) is 0. The summed E-state index contributed by atoms with van der Waals surface area (Å²) in [5.74, 6) is 0.981. The number of aryl methyl sites for hydroxylation is 1. The van der Waals surface area contributed by atoms with Gasteiger partial charge in [-0.05, 0) is 32.4 Å². The Labute approximate surface area is 107 Å². The molecule has 4 nitrogen and oxygen atoms in total. The number of fused-ring (bicyclic) bond motifs is 1. The van der Waals surface area contributed by atoms with Crippen LogP contribution in [-0.4, -0.2) is 28.6 Å². The number of nitrogens with zero attached hydrogens (tertiary/aromatic N) is 3. The molecule has 2 heterocycles. The summed E-state index contributed by atoms with van der Waals surface area (Å²) >= 11 is 0. The van der Waals surface area contributed by atoms with E-state index in [1.54, 1.807) is 0 Å². The van der Waals surface area contributed by atoms with E-state index in [-0.39, 0.29) is 6.04 Å². The van der Waals surface area contributed by atoms with Gasteiger partial charge in [0.1, 0.15) is 0 Å². The van der Waals surface area contributed by atoms with Crippen LogP contribution in [0.5, 0.6) is 0 Å². The quantitative estimate of drug-likeness (QED) is 0.829. The van der Waals surface area contributed by atoms with Gasteiger partial charge < -0.3 is 10.6 Å². The zero-order chi connectivity index (χ0) is 12.7. The lowest BCUT2D eigenvalue weighted by atomic mass is 10.2. The van der Waals surface area contributed by atoms with Crippen LogP contribution in [0.15, 0.2) is 24.3 Å². The number of aromatic nitrogens is 2. The molecule has 1 aromatic heterocycles. The molecule has 1 aliphatic rings. The Bertz CT molecular complexity index is 581. The van der Waals surface area contributed by atoms with Crippen LogP contribution in [0.3, 0.4) is 0 Å². The van der Waals surface area contributed by atoms with E-state index in [2.05, 4.69) is 16.8 Å². The second kappa shape index (κ2) is 4.21. The van der Waals surface area contributed by atoms with Gasteiger partial charge in [0.2, 0.25) is 0 Å². The Morgan fingerprint density at radius 2 is 1.89 bits per heavy atom. The summed E-state index contributed by atoms with van der Waals surface area (Å²) in [4.78, 5) is 11.7. The third kappa shape index (κ3) is 1.73. The summed E-state index contributed by atoms with van der Waals surface area (Å²) in [6.45, 7) is 5.15. The largest absolute Gasteiger partial charge is 0.351 e. The molecule has 1 aliphatic heterocycles. The molecule has 0 spiro atoms. The minimum atomic E-state index is 0.234. The first kappa shape index (κ1) is 11.4. The fourth-order valence-corrected chi connectivity index (χ4v) is 2.61. The van der Waals surface area contributed by atoms with E-state index >= 15 is 0 Å². The molecule has 2 N–H and O–H groups in total. The van der Waals surface area contributed by atoms with Gasteiger partial charge in [0.15, 0.2) is 5.82 Å². The number of anilines is 1. The topological polar surface area (TPSA) is 55.0 Å². The molecule has 0 bridgehead atoms. The van der Waals surface area contributed by atoms with Crippen molar-refractivity contribution in [3.8, 4) is 0 Å². The van der Waals surface area contributed by atoms with Gasteiger partial charge in [-0.2, -0.15) is 0 Å². The molecule has 3 rings (SSSR count). The molecule has 2 atom stereocenters. The zero-order valence-electron chi connectivity index (χ0n) is 10.8. The van der Waals surface area contributed by atoms with Crippen LogP contribution in [-0.2, 0) is 0 Å². The molecule has 1 aromatic carbocycles. The standard InChI is InChI=1S/C14H18N4/c1-9-14(18-8-7-11(15)10(18)2)17-13-6-4-3-5-12(13)16-9/h3-6,10-11H,7-8,15H2,1-2H3. The highest BCUT2D eigenvalue weighted by molar-refractivity contribution is 5.76. The van der Waals surface area contributed by atoms with Crippen LogP contribution < -0.4 is 10.6 Å². The molecule has 2 unspecified atom stereocenters. The Morgan fingerprint density at radius 1 is 1.22 bits per heavy atom. The lowest BCUT2D eigenvalue weighted by Gasteiger charge is -2.25. The average molecular weight is 242 g/mol. The van der Waals surface area contributed by atoms with Crippen molar-refractivity contribution in [3.05, 3.63) is 30.0 Å². The van der Waals surface area contributed by atoms with Gasteiger partial charge in [-0.25, -0.2) is 9.97 Å². The fraction of sp³-hybridized carbons (Fsp3) is 0.429. The number of para-hydroxylation sites is 2. The SMILES string of the molecule is Cc1nc2ccccc2nc1N1CCC(N)C1C. The van der Waals surface area contributed by atoms with E-state index in [9.17, 15) is 0 Å². The van der Waals surface area contributed by atoms with Crippen LogP contribution in [0.25, 0.3) is 11.0 Å². The van der Waals surface area contributed by atoms with Crippen molar-refractivity contribution >= 4 is 16.9 Å². The maximum absolute atomic E-state index is 6.08. The van der Waals surface area contributed by atoms with E-state index in [1.165, 1.54) is 0 Å². The highest BCUT2D eigenvalue weighted by Gasteiger charge is 2.30. The van der Waals surface area contributed by atoms with Gasteiger partial charge >= 0.3 is 0 Å². The summed E-state index contributed by atoms with van der Waals surface area (Å²) in [5, 5.41) is 0. The molecule has 0 aliphatic carbocycles. The summed E-state index contributed by atoms with van der Waals surface area (Å²) in [5.41, 5.74) is 8.96. The minimum Gasteiger partial charge on any atom is -0.351 e. The Kier molecular flexibility index (Phi) is 2.67. The Hall–Kier alpha value is -1.68. The van der Waals surface area contributed by atoms with Crippen molar-refractivity contribution < 1.29 is 0 Å². The Morgan fingerprint density at radius 3 is 2.50 bits per heavy atom. The summed E-state index contributed by atoms with van der Waals surface area (Å²) in [6.07, 6.45) is 1.02. The van der Waals surface area contributed by atoms with Gasteiger partial charge in [0.25, 0.3) is 0 Å². The van der Waals surface area contributed by atoms with Crippen molar-refractivity contribution in [2.75, 3.05) is 11.4 Å². The Balaban J connectivity index is 2.09. The van der Waals surface area contributed by atoms with Crippen LogP contribution in [0.4, 0.5) is 5.82 Å². The first-order valence-electron chi connectivity index (χ1n) is 6.42. The molecule has 0 radical (unpaired) electrons. The molecule has 1 saturated heterocycles. The lowest BCUT2D eigenvalue weighted by Crippen LogP contribution is -2.37. The van der Waals surface area contributed by atoms with Crippen molar-refractivity contribution in [3.63, 3.8) is 0 Å². The van der Waals surface area contributed by atoms with E-state index in [4.69, 9.17) is 10.7 Å². The maximum atomic E-state index is 6.08. The molecular formula is C14H18N4. The van der Waals surface area contributed by atoms with Crippen LogP contribution in [0, 0.1) is 6.92 Å². The molecule has 2 aromatic rings. The molecule has 0 saturated carbocycles. The van der Waals surface area contributed by atoms with Gasteiger partial charge in [-0.15, -0.1) is 0 Å². The smallest absolute Gasteiger partial charge is 0.151 e. The van der Waals surface area contributed by atoms with Crippen LogP contribution in [0.2, 0.25) is 0 Å². The maximum Gasteiger partial charge on any atom is 0.151 e. The predicted octanol–water partition coefficient (Wildman–Crippen LogP) is 1.86. The first-order chi connectivity index (χ1) is 8.66. The second-order valence-corrected chi connectivity index (χ2v) is 5.01. The van der Waals surface area contributed by atoms with Gasteiger partial charge in [-0.3, -0.25) is 0 Å². The van der Waals surface area contributed by atoms with Crippen LogP contribution in [0.1, 0.15) is 19.0 Å². The monoisotopic (exact) mass is 242 g/mol. The molecular weight excluding hydrogens is 224 g/mol. The summed E-state index contributed by atoms with van der Waals surface area (Å²) < 4.78 is 0. The van der Waals surface area contributed by atoms with E-state index in [1.807, 2.05) is 31.2 Å². The van der Waals surface area contributed by atoms with Crippen molar-refractivity contribution in [1.29, 1.82) is 0 Å². The molecule has 18 heavy (non-hydrogen) atoms. The predicted molar refractivity (Wildman–Crippen MR) is 73.7 cm³/mol. The highest BCUT2D eigenvalue weighted by Crippen LogP contribution is 2.26. The molecule has 4 heteroatoms. The van der Waals surface area contributed by atoms with E-state index < -0.39 is 0 Å². The number of benzene rings is 1. The average Bonchev–Trinajstić information content (AvgIpc) is 2.69. The van der Waals surface area contributed by atoms with E-state index in [0.717, 1.165) is 35.5 Å². The number of hydrogen-bond donors (Lipinski definition) is 1. The second-order valence-electron chi connectivity index (χ2n) is 5.01. The highest BCUT2D eigenvalue weighted by atomic mass is 15.3. The lowest BCUT2D eigenvalue weighted by molar-refractivity contribution is 0.621. The van der Waals surface area contributed by atoms with Gasteiger partial charge in [0.05, 0.1) is 16.7 Å². The van der Waals surface area contributed by atoms with Crippen molar-refractivity contribution in [2.24, 2.45) is 5.73 Å². The third-order valence-electron chi connectivity index (χ3n) is 3.81. The third-order valence-corrected chi connectivity index (χ3v) is 3.81. The van der Waals surface area contributed by atoms with Crippen molar-refractivity contribution in [2.45, 2.75) is 32.4 Å². The van der Waals surface area contributed by atoms with Crippen LogP contribution >= 0.6 is 0 Å². The van der Waals surface area contributed by atoms with Crippen molar-refractivity contribution in [1.82, 2.24) is 9.97 Å². The molecule has 1 fully saturated rings. The molecule has 94 valence electrons. The zero-order valence-corrected chi connectivity index (χ0v) is 10.8. The number of nitrogens with two attached hydrogens (primary N) is 1. The summed E-state index contributed by atoms with van der Waals surface area (Å²) in [6, 6.07) is 8.56. The number of hydrogen-bond acceptors (Lipinski definition) is 4. The minimum absolute atomic E-state index is 0.234. The fourth-order valence-electron chi connectivity index (χ4n) is 2.61. The molecule has 0 amide bonds. The number of rotatable bonds is 1.